The van der Waals surface area contributed by atoms with Gasteiger partial charge in [0.15, 0.2) is 0 Å². The fraction of sp³-hybridized carbons (Fsp3) is 0.429. The maximum Gasteiger partial charge on any atom is 0.471 e. The first-order valence-electron chi connectivity index (χ1n) is 6.52. The summed E-state index contributed by atoms with van der Waals surface area (Å²) >= 11 is 3.25. The van der Waals surface area contributed by atoms with Crippen molar-refractivity contribution in [2.75, 3.05) is 13.1 Å². The number of benzene rings is 1. The zero-order valence-corrected chi connectivity index (χ0v) is 12.9. The molecule has 0 atom stereocenters. The lowest BCUT2D eigenvalue weighted by molar-refractivity contribution is -0.187. The second-order valence-electron chi connectivity index (χ2n) is 5.18. The Morgan fingerprint density at radius 2 is 1.64 bits per heavy atom. The number of alkyl halides is 3. The van der Waals surface area contributed by atoms with Gasteiger partial charge in [-0.25, -0.2) is 0 Å². The molecule has 0 bridgehead atoms. The molecular formula is C14H13BrF3NO3. The van der Waals surface area contributed by atoms with E-state index in [9.17, 15) is 27.9 Å². The molecule has 1 aliphatic rings. The Labute approximate surface area is 133 Å². The lowest BCUT2D eigenvalue weighted by atomic mass is 9.73. The van der Waals surface area contributed by atoms with Crippen LogP contribution in [0.15, 0.2) is 28.7 Å². The summed E-state index contributed by atoms with van der Waals surface area (Å²) in [4.78, 5) is 23.6. The summed E-state index contributed by atoms with van der Waals surface area (Å²) in [6.07, 6.45) is -5.03. The van der Waals surface area contributed by atoms with Crippen molar-refractivity contribution in [3.05, 3.63) is 34.3 Å². The highest BCUT2D eigenvalue weighted by Crippen LogP contribution is 2.37. The minimum absolute atomic E-state index is 0.0498. The summed E-state index contributed by atoms with van der Waals surface area (Å²) < 4.78 is 38.1. The largest absolute Gasteiger partial charge is 0.481 e. The highest BCUT2D eigenvalue weighted by molar-refractivity contribution is 9.10. The van der Waals surface area contributed by atoms with E-state index in [2.05, 4.69) is 15.9 Å². The number of carbonyl (C=O) groups excluding carboxylic acids is 1. The smallest absolute Gasteiger partial charge is 0.471 e. The molecule has 0 aromatic heterocycles. The second kappa shape index (κ2) is 5.91. The fourth-order valence-corrected chi connectivity index (χ4v) is 2.93. The van der Waals surface area contributed by atoms with Gasteiger partial charge in [-0.05, 0) is 30.5 Å². The Bertz CT molecular complexity index is 578. The van der Waals surface area contributed by atoms with Crippen molar-refractivity contribution in [1.82, 2.24) is 4.90 Å². The number of hydrogen-bond donors (Lipinski definition) is 1. The van der Waals surface area contributed by atoms with Crippen LogP contribution < -0.4 is 0 Å². The number of carbonyl (C=O) groups is 2. The fourth-order valence-electron chi connectivity index (χ4n) is 2.67. The van der Waals surface area contributed by atoms with Crippen LogP contribution in [0.5, 0.6) is 0 Å². The van der Waals surface area contributed by atoms with Gasteiger partial charge in [0.1, 0.15) is 0 Å². The van der Waals surface area contributed by atoms with Crippen molar-refractivity contribution in [1.29, 1.82) is 0 Å². The molecule has 120 valence electrons. The highest BCUT2D eigenvalue weighted by atomic mass is 79.9. The predicted octanol–water partition coefficient (Wildman–Crippen LogP) is 2.96. The van der Waals surface area contributed by atoms with Gasteiger partial charge in [0.05, 0.1) is 5.41 Å². The summed E-state index contributed by atoms with van der Waals surface area (Å²) in [5.74, 6) is -3.00. The van der Waals surface area contributed by atoms with E-state index >= 15 is 0 Å². The van der Waals surface area contributed by atoms with Crippen molar-refractivity contribution in [2.45, 2.75) is 24.4 Å². The zero-order valence-electron chi connectivity index (χ0n) is 11.4. The topological polar surface area (TPSA) is 57.6 Å². The van der Waals surface area contributed by atoms with Crippen molar-refractivity contribution in [3.8, 4) is 0 Å². The third kappa shape index (κ3) is 3.11. The van der Waals surface area contributed by atoms with E-state index in [1.54, 1.807) is 24.3 Å². The number of carboxylic acids is 1. The number of halogens is 4. The number of nitrogens with zero attached hydrogens (tertiary/aromatic N) is 1. The van der Waals surface area contributed by atoms with Gasteiger partial charge in [0.2, 0.25) is 0 Å². The minimum Gasteiger partial charge on any atom is -0.481 e. The van der Waals surface area contributed by atoms with Crippen molar-refractivity contribution in [3.63, 3.8) is 0 Å². The molecule has 0 spiro atoms. The van der Waals surface area contributed by atoms with Gasteiger partial charge in [0.25, 0.3) is 0 Å². The van der Waals surface area contributed by atoms with Crippen molar-refractivity contribution >= 4 is 27.8 Å². The average molecular weight is 380 g/mol. The number of rotatable bonds is 2. The molecule has 0 unspecified atom stereocenters. The van der Waals surface area contributed by atoms with E-state index < -0.39 is 23.5 Å². The molecule has 0 saturated carbocycles. The lowest BCUT2D eigenvalue weighted by Gasteiger charge is -2.39. The Morgan fingerprint density at radius 3 is 2.05 bits per heavy atom. The van der Waals surface area contributed by atoms with E-state index in [1.807, 2.05) is 0 Å². The molecule has 0 aliphatic carbocycles. The number of piperidine rings is 1. The summed E-state index contributed by atoms with van der Waals surface area (Å²) in [6.45, 7) is -0.471. The summed E-state index contributed by atoms with van der Waals surface area (Å²) in [6, 6.07) is 6.65. The maximum atomic E-state index is 12.4. The standard InChI is InChI=1S/C14H13BrF3NO3/c15-10-3-1-9(2-4-10)13(12(21)22)5-7-19(8-6-13)11(20)14(16,17)18/h1-4H,5-8H2,(H,21,22). The number of amides is 1. The molecule has 1 saturated heterocycles. The number of carboxylic acid groups (broad SMARTS) is 1. The number of likely N-dealkylation sites (tertiary alicyclic amines) is 1. The number of aliphatic carboxylic acids is 1. The molecule has 0 radical (unpaired) electrons. The van der Waals surface area contributed by atoms with Crippen LogP contribution in [-0.2, 0) is 15.0 Å². The predicted molar refractivity (Wildman–Crippen MR) is 75.3 cm³/mol. The molecule has 1 heterocycles. The van der Waals surface area contributed by atoms with E-state index in [0.717, 1.165) is 4.47 Å². The summed E-state index contributed by atoms with van der Waals surface area (Å²) in [7, 11) is 0. The molecule has 22 heavy (non-hydrogen) atoms. The van der Waals surface area contributed by atoms with E-state index in [-0.39, 0.29) is 25.9 Å². The zero-order chi connectivity index (χ0) is 16.5. The van der Waals surface area contributed by atoms with Gasteiger partial charge < -0.3 is 10.0 Å². The van der Waals surface area contributed by atoms with Crippen LogP contribution in [-0.4, -0.2) is 41.1 Å². The van der Waals surface area contributed by atoms with Gasteiger partial charge >= 0.3 is 18.1 Å². The molecular weight excluding hydrogens is 367 g/mol. The first-order valence-corrected chi connectivity index (χ1v) is 7.32. The second-order valence-corrected chi connectivity index (χ2v) is 6.10. The summed E-state index contributed by atoms with van der Waals surface area (Å²) in [5.41, 5.74) is -0.731. The van der Waals surface area contributed by atoms with E-state index in [0.29, 0.717) is 10.5 Å². The van der Waals surface area contributed by atoms with Crippen LogP contribution in [0.25, 0.3) is 0 Å². The highest BCUT2D eigenvalue weighted by Gasteiger charge is 2.48. The van der Waals surface area contributed by atoms with E-state index in [4.69, 9.17) is 0 Å². The molecule has 2 rings (SSSR count). The molecule has 1 N–H and O–H groups in total. The van der Waals surface area contributed by atoms with Crippen LogP contribution >= 0.6 is 15.9 Å². The van der Waals surface area contributed by atoms with Gasteiger partial charge in [-0.3, -0.25) is 9.59 Å². The number of hydrogen-bond acceptors (Lipinski definition) is 2. The van der Waals surface area contributed by atoms with Gasteiger partial charge in [-0.1, -0.05) is 28.1 Å². The van der Waals surface area contributed by atoms with Gasteiger partial charge in [-0.15, -0.1) is 0 Å². The first-order chi connectivity index (χ1) is 10.2. The Morgan fingerprint density at radius 1 is 1.14 bits per heavy atom. The Hall–Kier alpha value is -1.57. The van der Waals surface area contributed by atoms with E-state index in [1.165, 1.54) is 0 Å². The Kier molecular flexibility index (Phi) is 4.51. The molecule has 1 fully saturated rings. The SMILES string of the molecule is O=C(N1CCC(C(=O)O)(c2ccc(Br)cc2)CC1)C(F)(F)F. The lowest BCUT2D eigenvalue weighted by Crippen LogP contribution is -2.52. The third-order valence-corrected chi connectivity index (χ3v) is 4.48. The average Bonchev–Trinajstić information content (AvgIpc) is 2.46. The third-order valence-electron chi connectivity index (χ3n) is 3.95. The molecule has 8 heteroatoms. The minimum atomic E-state index is -4.93. The quantitative estimate of drug-likeness (QED) is 0.859. The molecule has 1 amide bonds. The summed E-state index contributed by atoms with van der Waals surface area (Å²) in [5, 5.41) is 9.56. The molecule has 4 nitrogen and oxygen atoms in total. The first kappa shape index (κ1) is 16.8. The van der Waals surface area contributed by atoms with Crippen LogP contribution in [0.4, 0.5) is 13.2 Å². The molecule has 1 aromatic rings. The van der Waals surface area contributed by atoms with Gasteiger partial charge in [0, 0.05) is 17.6 Å². The maximum absolute atomic E-state index is 12.4. The van der Waals surface area contributed by atoms with Crippen LogP contribution in [0.2, 0.25) is 0 Å². The van der Waals surface area contributed by atoms with Gasteiger partial charge in [-0.2, -0.15) is 13.2 Å². The van der Waals surface area contributed by atoms with Crippen LogP contribution in [0.1, 0.15) is 18.4 Å². The van der Waals surface area contributed by atoms with Crippen molar-refractivity contribution < 1.29 is 27.9 Å². The van der Waals surface area contributed by atoms with Crippen molar-refractivity contribution in [2.24, 2.45) is 0 Å². The monoisotopic (exact) mass is 379 g/mol. The Balaban J connectivity index is 2.22. The van der Waals surface area contributed by atoms with Crippen LogP contribution in [0, 0.1) is 0 Å². The normalized spacial score (nSPS) is 18.1. The molecule has 1 aromatic carbocycles. The molecule has 1 aliphatic heterocycles. The van der Waals surface area contributed by atoms with Crippen LogP contribution in [0.3, 0.4) is 0 Å².